The maximum absolute atomic E-state index is 12.0. The number of carbonyl (C=O) groups excluding carboxylic acids is 1. The van der Waals surface area contributed by atoms with Gasteiger partial charge in [0.2, 0.25) is 6.10 Å². The van der Waals surface area contributed by atoms with Crippen molar-refractivity contribution in [1.82, 2.24) is 5.32 Å². The van der Waals surface area contributed by atoms with Crippen molar-refractivity contribution in [3.63, 3.8) is 0 Å². The summed E-state index contributed by atoms with van der Waals surface area (Å²) in [5.74, 6) is -0.139. The molecule has 1 heterocycles. The molecule has 19 heavy (non-hydrogen) atoms. The molecule has 4 nitrogen and oxygen atoms in total. The van der Waals surface area contributed by atoms with Gasteiger partial charge in [0.1, 0.15) is 0 Å². The zero-order valence-corrected chi connectivity index (χ0v) is 12.0. The molecule has 0 aromatic heterocycles. The summed E-state index contributed by atoms with van der Waals surface area (Å²) in [4.78, 5) is 17.2. The fraction of sp³-hybridized carbons (Fsp3) is 0.429. The Labute approximate surface area is 117 Å². The maximum Gasteiger partial charge on any atom is 0.264 e. The van der Waals surface area contributed by atoms with E-state index >= 15 is 0 Å². The number of hydrogen-bond donors (Lipinski definition) is 1. The average Bonchev–Trinajstić information content (AvgIpc) is 2.77. The van der Waals surface area contributed by atoms with Gasteiger partial charge in [0.05, 0.1) is 5.71 Å². The Balaban J connectivity index is 1.99. The summed E-state index contributed by atoms with van der Waals surface area (Å²) in [6.45, 7) is 5.79. The van der Waals surface area contributed by atoms with E-state index in [1.807, 2.05) is 32.9 Å². The van der Waals surface area contributed by atoms with Gasteiger partial charge in [-0.25, -0.2) is 0 Å². The second kappa shape index (κ2) is 5.21. The van der Waals surface area contributed by atoms with Gasteiger partial charge in [-0.1, -0.05) is 28.9 Å². The van der Waals surface area contributed by atoms with Gasteiger partial charge in [0.15, 0.2) is 0 Å². The smallest absolute Gasteiger partial charge is 0.264 e. The van der Waals surface area contributed by atoms with E-state index in [0.717, 1.165) is 11.3 Å². The van der Waals surface area contributed by atoms with Crippen LogP contribution in [0.4, 0.5) is 0 Å². The number of hydrogen-bond acceptors (Lipinski definition) is 3. The first-order valence-corrected chi connectivity index (χ1v) is 6.53. The Morgan fingerprint density at radius 1 is 1.37 bits per heavy atom. The van der Waals surface area contributed by atoms with Crippen LogP contribution in [0.2, 0.25) is 5.02 Å². The van der Waals surface area contributed by atoms with Crippen LogP contribution in [-0.4, -0.2) is 23.3 Å². The molecular formula is C14H17ClN2O2. The first-order valence-electron chi connectivity index (χ1n) is 6.16. The molecule has 1 atom stereocenters. The topological polar surface area (TPSA) is 50.7 Å². The van der Waals surface area contributed by atoms with Crippen LogP contribution in [0.1, 0.15) is 32.8 Å². The number of rotatable bonds is 2. The van der Waals surface area contributed by atoms with Crippen LogP contribution in [0.5, 0.6) is 0 Å². The van der Waals surface area contributed by atoms with E-state index in [9.17, 15) is 4.79 Å². The minimum Gasteiger partial charge on any atom is -0.382 e. The summed E-state index contributed by atoms with van der Waals surface area (Å²) in [6, 6.07) is 7.33. The number of carbonyl (C=O) groups is 1. The van der Waals surface area contributed by atoms with Gasteiger partial charge in [0, 0.05) is 17.0 Å². The largest absolute Gasteiger partial charge is 0.382 e. The molecule has 1 aromatic carbocycles. The fourth-order valence-corrected chi connectivity index (χ4v) is 1.91. The Kier molecular flexibility index (Phi) is 3.80. The van der Waals surface area contributed by atoms with Gasteiger partial charge >= 0.3 is 0 Å². The molecule has 1 aromatic rings. The number of nitrogens with zero attached hydrogens (tertiary/aromatic N) is 1. The molecule has 0 spiro atoms. The Bertz CT molecular complexity index is 503. The number of halogens is 1. The lowest BCUT2D eigenvalue weighted by Gasteiger charge is -2.22. The van der Waals surface area contributed by atoms with Crippen molar-refractivity contribution in [3.8, 4) is 0 Å². The summed E-state index contributed by atoms with van der Waals surface area (Å²) < 4.78 is 0. The summed E-state index contributed by atoms with van der Waals surface area (Å²) in [7, 11) is 0. The van der Waals surface area contributed by atoms with E-state index in [-0.39, 0.29) is 11.4 Å². The third-order valence-electron chi connectivity index (χ3n) is 2.64. The first-order chi connectivity index (χ1) is 8.85. The van der Waals surface area contributed by atoms with E-state index in [4.69, 9.17) is 16.4 Å². The van der Waals surface area contributed by atoms with Crippen molar-refractivity contribution in [2.75, 3.05) is 0 Å². The quantitative estimate of drug-likeness (QED) is 0.906. The molecule has 0 saturated heterocycles. The van der Waals surface area contributed by atoms with Gasteiger partial charge in [-0.2, -0.15) is 0 Å². The van der Waals surface area contributed by atoms with Crippen molar-refractivity contribution in [2.24, 2.45) is 5.16 Å². The average molecular weight is 281 g/mol. The molecule has 1 aliphatic rings. The third-order valence-corrected chi connectivity index (χ3v) is 2.89. The molecule has 0 bridgehead atoms. The Morgan fingerprint density at radius 2 is 2.00 bits per heavy atom. The lowest BCUT2D eigenvalue weighted by molar-refractivity contribution is -0.132. The number of oxime groups is 1. The SMILES string of the molecule is CC(C)(C)NC(=O)[C@H]1CC(c2ccc(Cl)cc2)=NO1. The molecule has 0 unspecified atom stereocenters. The number of benzene rings is 1. The minimum atomic E-state index is -0.551. The van der Waals surface area contributed by atoms with Crippen LogP contribution >= 0.6 is 11.6 Å². The van der Waals surface area contributed by atoms with Crippen LogP contribution in [0, 0.1) is 0 Å². The molecule has 1 aliphatic heterocycles. The summed E-state index contributed by atoms with van der Waals surface area (Å²) in [5, 5.41) is 7.54. The summed E-state index contributed by atoms with van der Waals surface area (Å²) in [6.07, 6.45) is -0.0753. The van der Waals surface area contributed by atoms with Crippen LogP contribution in [0.3, 0.4) is 0 Å². The van der Waals surface area contributed by atoms with Crippen LogP contribution in [0.15, 0.2) is 29.4 Å². The van der Waals surface area contributed by atoms with Crippen LogP contribution in [0.25, 0.3) is 0 Å². The standard InChI is InChI=1S/C14H17ClN2O2/c1-14(2,3)16-13(18)12-8-11(17-19-12)9-4-6-10(15)7-5-9/h4-7,12H,8H2,1-3H3,(H,16,18)/t12-/m1/s1. The molecule has 2 rings (SSSR count). The maximum atomic E-state index is 12.0. The number of amides is 1. The zero-order valence-electron chi connectivity index (χ0n) is 11.2. The molecule has 1 N–H and O–H groups in total. The van der Waals surface area contributed by atoms with Crippen molar-refractivity contribution in [3.05, 3.63) is 34.9 Å². The molecule has 1 amide bonds. The predicted molar refractivity (Wildman–Crippen MR) is 75.4 cm³/mol. The second-order valence-corrected chi connectivity index (χ2v) is 6.02. The van der Waals surface area contributed by atoms with E-state index in [1.54, 1.807) is 12.1 Å². The predicted octanol–water partition coefficient (Wildman–Crippen LogP) is 2.75. The highest BCUT2D eigenvalue weighted by Crippen LogP contribution is 2.19. The van der Waals surface area contributed by atoms with Crippen molar-refractivity contribution in [1.29, 1.82) is 0 Å². The van der Waals surface area contributed by atoms with Crippen LogP contribution in [-0.2, 0) is 9.63 Å². The van der Waals surface area contributed by atoms with E-state index in [0.29, 0.717) is 11.4 Å². The van der Waals surface area contributed by atoms with E-state index < -0.39 is 6.10 Å². The normalized spacial score (nSPS) is 18.7. The highest BCUT2D eigenvalue weighted by Gasteiger charge is 2.30. The highest BCUT2D eigenvalue weighted by molar-refractivity contribution is 6.30. The lowest BCUT2D eigenvalue weighted by atomic mass is 10.0. The molecule has 0 aliphatic carbocycles. The van der Waals surface area contributed by atoms with E-state index in [1.165, 1.54) is 0 Å². The van der Waals surface area contributed by atoms with Gasteiger partial charge in [-0.15, -0.1) is 0 Å². The summed E-state index contributed by atoms with van der Waals surface area (Å²) >= 11 is 5.83. The summed E-state index contributed by atoms with van der Waals surface area (Å²) in [5.41, 5.74) is 1.42. The number of nitrogens with one attached hydrogen (secondary N) is 1. The van der Waals surface area contributed by atoms with Crippen molar-refractivity contribution in [2.45, 2.75) is 38.8 Å². The van der Waals surface area contributed by atoms with Crippen LogP contribution < -0.4 is 5.32 Å². The second-order valence-electron chi connectivity index (χ2n) is 5.58. The third kappa shape index (κ3) is 3.70. The Morgan fingerprint density at radius 3 is 2.58 bits per heavy atom. The first kappa shape index (κ1) is 13.9. The fourth-order valence-electron chi connectivity index (χ4n) is 1.78. The molecule has 102 valence electrons. The molecular weight excluding hydrogens is 264 g/mol. The Hall–Kier alpha value is -1.55. The lowest BCUT2D eigenvalue weighted by Crippen LogP contribution is -2.45. The van der Waals surface area contributed by atoms with E-state index in [2.05, 4.69) is 10.5 Å². The molecule has 0 fully saturated rings. The van der Waals surface area contributed by atoms with Gasteiger partial charge in [-0.3, -0.25) is 4.79 Å². The van der Waals surface area contributed by atoms with Gasteiger partial charge in [-0.05, 0) is 38.5 Å². The highest BCUT2D eigenvalue weighted by atomic mass is 35.5. The van der Waals surface area contributed by atoms with Crippen molar-refractivity contribution >= 4 is 23.2 Å². The zero-order chi connectivity index (χ0) is 14.0. The monoisotopic (exact) mass is 280 g/mol. The molecule has 5 heteroatoms. The molecule has 0 saturated carbocycles. The van der Waals surface area contributed by atoms with Crippen molar-refractivity contribution < 1.29 is 9.63 Å². The van der Waals surface area contributed by atoms with Gasteiger partial charge in [0.25, 0.3) is 5.91 Å². The minimum absolute atomic E-state index is 0.139. The molecule has 0 radical (unpaired) electrons. The van der Waals surface area contributed by atoms with Gasteiger partial charge < -0.3 is 10.2 Å².